The summed E-state index contributed by atoms with van der Waals surface area (Å²) >= 11 is 0. The molecule has 1 unspecified atom stereocenters. The maximum absolute atomic E-state index is 9.66. The highest BCUT2D eigenvalue weighted by Crippen LogP contribution is 2.29. The predicted molar refractivity (Wildman–Crippen MR) is 60.6 cm³/mol. The number of nitriles is 1. The van der Waals surface area contributed by atoms with Crippen LogP contribution in [0.3, 0.4) is 0 Å². The van der Waals surface area contributed by atoms with Gasteiger partial charge in [0.25, 0.3) is 0 Å². The van der Waals surface area contributed by atoms with Gasteiger partial charge in [-0.3, -0.25) is 0 Å². The molecule has 0 spiro atoms. The van der Waals surface area contributed by atoms with Crippen LogP contribution in [0.5, 0.6) is 0 Å². The third-order valence-corrected chi connectivity index (χ3v) is 7.50. The molecule has 0 fully saturated rings. The van der Waals surface area contributed by atoms with Crippen molar-refractivity contribution >= 4 is 8.07 Å². The van der Waals surface area contributed by atoms with Gasteiger partial charge >= 0.3 is 0 Å². The lowest BCUT2D eigenvalue weighted by atomic mass is 10.3. The van der Waals surface area contributed by atoms with Gasteiger partial charge < -0.3 is 5.11 Å². The Balaban J connectivity index is 2.43. The molecular weight excluding hydrogens is 190 g/mol. The second kappa shape index (κ2) is 5.33. The highest BCUT2D eigenvalue weighted by molar-refractivity contribution is 6.78. The Kier molecular flexibility index (Phi) is 4.37. The summed E-state index contributed by atoms with van der Waals surface area (Å²) in [7, 11) is -1.25. The molecule has 3 heteroatoms. The van der Waals surface area contributed by atoms with E-state index in [2.05, 4.69) is 18.7 Å². The largest absolute Gasteiger partial charge is 0.389 e. The summed E-state index contributed by atoms with van der Waals surface area (Å²) in [4.78, 5) is 0. The minimum Gasteiger partial charge on any atom is -0.389 e. The molecule has 0 aliphatic carbocycles. The van der Waals surface area contributed by atoms with E-state index in [0.29, 0.717) is 6.42 Å². The number of aliphatic hydroxyl groups excluding tert-OH is 1. The fraction of sp³-hybridized carbons (Fsp3) is 0.727. The second-order valence-corrected chi connectivity index (χ2v) is 9.59. The van der Waals surface area contributed by atoms with Crippen molar-refractivity contribution in [2.75, 3.05) is 0 Å². The smallest absolute Gasteiger partial charge is 0.0697 e. The zero-order valence-electron chi connectivity index (χ0n) is 8.87. The molecule has 1 heterocycles. The first-order valence-electron chi connectivity index (χ1n) is 5.38. The van der Waals surface area contributed by atoms with E-state index >= 15 is 0 Å². The average molecular weight is 209 g/mol. The number of hydrogen-bond donors (Lipinski definition) is 1. The molecule has 0 aromatic carbocycles. The molecule has 0 saturated heterocycles. The summed E-state index contributed by atoms with van der Waals surface area (Å²) in [6.07, 6.45) is 6.62. The molecular formula is C11H19NOSi. The van der Waals surface area contributed by atoms with Crippen LogP contribution >= 0.6 is 0 Å². The first-order valence-corrected chi connectivity index (χ1v) is 8.50. The van der Waals surface area contributed by atoms with Gasteiger partial charge in [-0.1, -0.05) is 30.8 Å². The Hall–Kier alpha value is -0.593. The van der Waals surface area contributed by atoms with Crippen molar-refractivity contribution in [3.05, 3.63) is 12.2 Å². The van der Waals surface area contributed by atoms with Gasteiger partial charge in [0.2, 0.25) is 0 Å². The summed E-state index contributed by atoms with van der Waals surface area (Å²) in [6.45, 7) is 2.36. The van der Waals surface area contributed by atoms with Crippen LogP contribution in [-0.4, -0.2) is 19.3 Å². The Morgan fingerprint density at radius 1 is 1.64 bits per heavy atom. The first kappa shape index (κ1) is 11.5. The predicted octanol–water partition coefficient (Wildman–Crippen LogP) is 2.69. The number of allylic oxidation sites excluding steroid dienone is 1. The summed E-state index contributed by atoms with van der Waals surface area (Å²) in [6, 6.07) is 5.64. The molecule has 1 aliphatic rings. The fourth-order valence-corrected chi connectivity index (χ4v) is 5.88. The van der Waals surface area contributed by atoms with Crippen LogP contribution in [0.15, 0.2) is 12.2 Å². The highest BCUT2D eigenvalue weighted by Gasteiger charge is 2.29. The Labute approximate surface area is 87.3 Å². The minimum absolute atomic E-state index is 0.226. The molecule has 0 saturated carbocycles. The number of nitrogens with zero attached hydrogens (tertiary/aromatic N) is 1. The van der Waals surface area contributed by atoms with Gasteiger partial charge in [-0.15, -0.1) is 0 Å². The van der Waals surface area contributed by atoms with Crippen molar-refractivity contribution in [1.82, 2.24) is 0 Å². The molecule has 2 nitrogen and oxygen atoms in total. The molecule has 0 amide bonds. The number of hydrogen-bond acceptors (Lipinski definition) is 2. The van der Waals surface area contributed by atoms with Crippen molar-refractivity contribution in [2.24, 2.45) is 0 Å². The molecule has 1 rings (SSSR count). The first-order chi connectivity index (χ1) is 6.66. The number of rotatable bonds is 3. The van der Waals surface area contributed by atoms with E-state index < -0.39 is 8.07 Å². The van der Waals surface area contributed by atoms with Gasteiger partial charge in [0.1, 0.15) is 0 Å². The highest BCUT2D eigenvalue weighted by atomic mass is 28.3. The molecule has 0 aromatic heterocycles. The lowest BCUT2D eigenvalue weighted by Gasteiger charge is -2.26. The van der Waals surface area contributed by atoms with Gasteiger partial charge in [-0.2, -0.15) is 5.26 Å². The molecule has 1 N–H and O–H groups in total. The Bertz CT molecular complexity index is 246. The van der Waals surface area contributed by atoms with E-state index in [1.807, 2.05) is 6.08 Å². The van der Waals surface area contributed by atoms with Crippen LogP contribution in [0.4, 0.5) is 0 Å². The average Bonchev–Trinajstić information content (AvgIpc) is 2.28. The maximum atomic E-state index is 9.66. The van der Waals surface area contributed by atoms with Gasteiger partial charge in [-0.05, 0) is 18.9 Å². The van der Waals surface area contributed by atoms with Crippen LogP contribution < -0.4 is 0 Å². The van der Waals surface area contributed by atoms with E-state index in [4.69, 9.17) is 5.26 Å². The lowest BCUT2D eigenvalue weighted by Crippen LogP contribution is -2.32. The van der Waals surface area contributed by atoms with Crippen LogP contribution in [0.1, 0.15) is 19.3 Å². The minimum atomic E-state index is -1.25. The van der Waals surface area contributed by atoms with Crippen molar-refractivity contribution in [3.8, 4) is 6.07 Å². The molecule has 1 aliphatic heterocycles. The van der Waals surface area contributed by atoms with Gasteiger partial charge in [0, 0.05) is 6.42 Å². The van der Waals surface area contributed by atoms with Crippen LogP contribution in [-0.2, 0) is 0 Å². The van der Waals surface area contributed by atoms with Crippen LogP contribution in [0, 0.1) is 11.3 Å². The second-order valence-electron chi connectivity index (χ2n) is 4.56. The molecule has 78 valence electrons. The zero-order valence-corrected chi connectivity index (χ0v) is 9.87. The molecule has 2 atom stereocenters. The van der Waals surface area contributed by atoms with Gasteiger partial charge in [-0.25, -0.2) is 0 Å². The molecule has 0 bridgehead atoms. The van der Waals surface area contributed by atoms with E-state index in [9.17, 15) is 5.11 Å². The number of unbranched alkanes of at least 4 members (excludes halogenated alkanes) is 1. The van der Waals surface area contributed by atoms with Crippen molar-refractivity contribution in [2.45, 2.75) is 50.0 Å². The topological polar surface area (TPSA) is 44.0 Å². The SMILES string of the molecule is C[Si]1(CCCC#N)CCC=C[C@H](O)C1. The van der Waals surface area contributed by atoms with E-state index in [-0.39, 0.29) is 6.10 Å². The monoisotopic (exact) mass is 209 g/mol. The quantitative estimate of drug-likeness (QED) is 0.441. The van der Waals surface area contributed by atoms with E-state index in [0.717, 1.165) is 18.9 Å². The van der Waals surface area contributed by atoms with Gasteiger partial charge in [0.05, 0.1) is 20.2 Å². The fourth-order valence-electron chi connectivity index (χ4n) is 2.18. The van der Waals surface area contributed by atoms with Crippen LogP contribution in [0.25, 0.3) is 0 Å². The summed E-state index contributed by atoms with van der Waals surface area (Å²) in [5.74, 6) is 0. The summed E-state index contributed by atoms with van der Waals surface area (Å²) < 4.78 is 0. The van der Waals surface area contributed by atoms with E-state index in [1.165, 1.54) is 12.1 Å². The Morgan fingerprint density at radius 3 is 3.14 bits per heavy atom. The molecule has 0 radical (unpaired) electrons. The van der Waals surface area contributed by atoms with E-state index in [1.54, 1.807) is 0 Å². The maximum Gasteiger partial charge on any atom is 0.0697 e. The number of aliphatic hydroxyl groups is 1. The standard InChI is InChI=1S/C11H19NOSi/c1-14(9-5-3-7-12)8-4-2-6-11(13)10-14/h2,6,11,13H,3-5,8-10H2,1H3/t11-,14?/m0/s1. The third kappa shape index (κ3) is 3.65. The van der Waals surface area contributed by atoms with Crippen LogP contribution in [0.2, 0.25) is 24.7 Å². The molecule has 0 aromatic rings. The Morgan fingerprint density at radius 2 is 2.43 bits per heavy atom. The summed E-state index contributed by atoms with van der Waals surface area (Å²) in [5.41, 5.74) is 0. The van der Waals surface area contributed by atoms with Crippen molar-refractivity contribution < 1.29 is 5.11 Å². The van der Waals surface area contributed by atoms with Crippen molar-refractivity contribution in [1.29, 1.82) is 5.26 Å². The third-order valence-electron chi connectivity index (χ3n) is 3.04. The zero-order chi connectivity index (χ0) is 10.4. The van der Waals surface area contributed by atoms with Gasteiger partial charge in [0.15, 0.2) is 0 Å². The summed E-state index contributed by atoms with van der Waals surface area (Å²) in [5, 5.41) is 18.2. The normalized spacial score (nSPS) is 32.2. The lowest BCUT2D eigenvalue weighted by molar-refractivity contribution is 0.242. The molecule has 14 heavy (non-hydrogen) atoms. The van der Waals surface area contributed by atoms with Crippen molar-refractivity contribution in [3.63, 3.8) is 0 Å².